The summed E-state index contributed by atoms with van der Waals surface area (Å²) in [5.41, 5.74) is 1.04. The van der Waals surface area contributed by atoms with E-state index >= 15 is 0 Å². The third-order valence-corrected chi connectivity index (χ3v) is 3.10. The molecule has 0 fully saturated rings. The summed E-state index contributed by atoms with van der Waals surface area (Å²) in [6.45, 7) is 2.07. The smallest absolute Gasteiger partial charge is 0.230 e. The van der Waals surface area contributed by atoms with E-state index < -0.39 is 0 Å². The van der Waals surface area contributed by atoms with Gasteiger partial charge in [-0.1, -0.05) is 0 Å². The minimum atomic E-state index is 0.586. The second-order valence-corrected chi connectivity index (χ2v) is 4.99. The summed E-state index contributed by atoms with van der Waals surface area (Å²) in [5.74, 6) is 1.95. The molecule has 0 aromatic carbocycles. The maximum Gasteiger partial charge on any atom is 0.230 e. The lowest BCUT2D eigenvalue weighted by atomic mass is 10.3. The van der Waals surface area contributed by atoms with E-state index in [9.17, 15) is 0 Å². The third-order valence-electron chi connectivity index (χ3n) is 2.24. The molecule has 17 heavy (non-hydrogen) atoms. The Kier molecular flexibility index (Phi) is 3.23. The van der Waals surface area contributed by atoms with Crippen LogP contribution < -0.4 is 10.2 Å². The van der Waals surface area contributed by atoms with Gasteiger partial charge >= 0.3 is 0 Å². The van der Waals surface area contributed by atoms with Crippen LogP contribution in [0.2, 0.25) is 0 Å². The third kappa shape index (κ3) is 2.52. The van der Waals surface area contributed by atoms with Gasteiger partial charge in [0.05, 0.1) is 0 Å². The highest BCUT2D eigenvalue weighted by Gasteiger charge is 2.10. The largest absolute Gasteiger partial charge is 0.357 e. The summed E-state index contributed by atoms with van der Waals surface area (Å²) >= 11 is 1.69. The molecular weight excluding hydrogens is 234 g/mol. The minimum absolute atomic E-state index is 0.586. The Hall–Kier alpha value is -1.69. The van der Waals surface area contributed by atoms with Gasteiger partial charge in [-0.2, -0.15) is 15.0 Å². The van der Waals surface area contributed by atoms with Gasteiger partial charge in [0.25, 0.3) is 0 Å². The van der Waals surface area contributed by atoms with Crippen LogP contribution in [-0.2, 0) is 0 Å². The number of aryl methyl sites for hydroxylation is 1. The van der Waals surface area contributed by atoms with Gasteiger partial charge in [-0.05, 0) is 13.0 Å². The summed E-state index contributed by atoms with van der Waals surface area (Å²) in [7, 11) is 5.63. The highest BCUT2D eigenvalue weighted by atomic mass is 32.1. The first kappa shape index (κ1) is 11.8. The monoisotopic (exact) mass is 249 g/mol. The van der Waals surface area contributed by atoms with Crippen LogP contribution in [-0.4, -0.2) is 36.1 Å². The van der Waals surface area contributed by atoms with Crippen LogP contribution in [0, 0.1) is 6.92 Å². The molecule has 0 saturated heterocycles. The molecule has 0 saturated carbocycles. The van der Waals surface area contributed by atoms with Gasteiger partial charge in [0.2, 0.25) is 11.9 Å². The summed E-state index contributed by atoms with van der Waals surface area (Å²) < 4.78 is 0. The van der Waals surface area contributed by atoms with Gasteiger partial charge in [-0.15, -0.1) is 11.3 Å². The zero-order valence-corrected chi connectivity index (χ0v) is 11.2. The van der Waals surface area contributed by atoms with Gasteiger partial charge in [0.1, 0.15) is 0 Å². The van der Waals surface area contributed by atoms with Crippen molar-refractivity contribution in [2.24, 2.45) is 0 Å². The molecule has 90 valence electrons. The molecule has 0 spiro atoms. The second kappa shape index (κ2) is 4.67. The Bertz CT molecular complexity index is 520. The first-order valence-electron chi connectivity index (χ1n) is 5.27. The van der Waals surface area contributed by atoms with Gasteiger partial charge in [-0.3, -0.25) is 0 Å². The summed E-state index contributed by atoms with van der Waals surface area (Å²) in [6, 6.07) is 2.08. The van der Waals surface area contributed by atoms with E-state index in [2.05, 4.69) is 38.6 Å². The maximum atomic E-state index is 4.43. The molecule has 2 aromatic heterocycles. The highest BCUT2D eigenvalue weighted by molar-refractivity contribution is 7.10. The number of rotatable bonds is 3. The first-order valence-corrected chi connectivity index (χ1v) is 6.15. The normalized spacial score (nSPS) is 10.4. The SMILES string of the molecule is CNc1nc(-c2csc(C)c2)nc(N(C)C)n1. The van der Waals surface area contributed by atoms with Crippen LogP contribution in [0.15, 0.2) is 11.4 Å². The number of hydrogen-bond acceptors (Lipinski definition) is 6. The van der Waals surface area contributed by atoms with E-state index in [1.165, 1.54) is 4.88 Å². The number of nitrogens with zero attached hydrogens (tertiary/aromatic N) is 4. The fourth-order valence-electron chi connectivity index (χ4n) is 1.37. The number of anilines is 2. The number of aromatic nitrogens is 3. The zero-order chi connectivity index (χ0) is 12.4. The molecule has 0 bridgehead atoms. The van der Waals surface area contributed by atoms with Crippen molar-refractivity contribution < 1.29 is 0 Å². The Morgan fingerprint density at radius 3 is 2.53 bits per heavy atom. The molecular formula is C11H15N5S. The molecule has 0 aliphatic carbocycles. The Balaban J connectivity index is 2.49. The van der Waals surface area contributed by atoms with Crippen molar-refractivity contribution in [2.45, 2.75) is 6.92 Å². The van der Waals surface area contributed by atoms with Crippen LogP contribution in [0.5, 0.6) is 0 Å². The van der Waals surface area contributed by atoms with Crippen molar-refractivity contribution in [3.05, 3.63) is 16.3 Å². The second-order valence-electron chi connectivity index (χ2n) is 3.87. The van der Waals surface area contributed by atoms with Gasteiger partial charge in [0.15, 0.2) is 5.82 Å². The molecule has 0 aliphatic heterocycles. The molecule has 0 atom stereocenters. The quantitative estimate of drug-likeness (QED) is 0.902. The molecule has 6 heteroatoms. The van der Waals surface area contributed by atoms with Crippen molar-refractivity contribution in [1.29, 1.82) is 0 Å². The number of hydrogen-bond donors (Lipinski definition) is 1. The van der Waals surface area contributed by atoms with Crippen molar-refractivity contribution in [1.82, 2.24) is 15.0 Å². The average molecular weight is 249 g/mol. The van der Waals surface area contributed by atoms with E-state index in [0.29, 0.717) is 17.7 Å². The standard InChI is InChI=1S/C11H15N5S/c1-7-5-8(6-17-7)9-13-10(12-2)15-11(14-9)16(3)4/h5-6H,1-4H3,(H,12,13,14,15). The lowest BCUT2D eigenvalue weighted by molar-refractivity contribution is 0.964. The average Bonchev–Trinajstić information content (AvgIpc) is 2.75. The summed E-state index contributed by atoms with van der Waals surface area (Å²) in [5, 5.41) is 5.01. The molecule has 5 nitrogen and oxygen atoms in total. The Morgan fingerprint density at radius 2 is 2.00 bits per heavy atom. The molecule has 1 N–H and O–H groups in total. The minimum Gasteiger partial charge on any atom is -0.357 e. The lowest BCUT2D eigenvalue weighted by Crippen LogP contribution is -2.15. The highest BCUT2D eigenvalue weighted by Crippen LogP contribution is 2.23. The predicted octanol–water partition coefficient (Wildman–Crippen LogP) is 2.02. The molecule has 0 amide bonds. The van der Waals surface area contributed by atoms with Gasteiger partial charge in [-0.25, -0.2) is 0 Å². The van der Waals surface area contributed by atoms with Crippen molar-refractivity contribution >= 4 is 23.2 Å². The molecule has 0 unspecified atom stereocenters. The zero-order valence-electron chi connectivity index (χ0n) is 10.4. The van der Waals surface area contributed by atoms with Crippen molar-refractivity contribution in [2.75, 3.05) is 31.4 Å². The van der Waals surface area contributed by atoms with Crippen molar-refractivity contribution in [3.63, 3.8) is 0 Å². The van der Waals surface area contributed by atoms with E-state index in [0.717, 1.165) is 5.56 Å². The van der Waals surface area contributed by atoms with Crippen LogP contribution in [0.3, 0.4) is 0 Å². The summed E-state index contributed by atoms with van der Waals surface area (Å²) in [6.07, 6.45) is 0. The maximum absolute atomic E-state index is 4.43. The van der Waals surface area contributed by atoms with Crippen LogP contribution in [0.4, 0.5) is 11.9 Å². The molecule has 0 aliphatic rings. The van der Waals surface area contributed by atoms with E-state index in [-0.39, 0.29) is 0 Å². The summed E-state index contributed by atoms with van der Waals surface area (Å²) in [4.78, 5) is 16.2. The molecule has 2 heterocycles. The van der Waals surface area contributed by atoms with Crippen molar-refractivity contribution in [3.8, 4) is 11.4 Å². The lowest BCUT2D eigenvalue weighted by Gasteiger charge is -2.11. The molecule has 2 rings (SSSR count). The number of nitrogens with one attached hydrogen (secondary N) is 1. The van der Waals surface area contributed by atoms with E-state index in [1.807, 2.05) is 19.0 Å². The molecule has 2 aromatic rings. The molecule has 0 radical (unpaired) electrons. The fourth-order valence-corrected chi connectivity index (χ4v) is 2.05. The van der Waals surface area contributed by atoms with Gasteiger partial charge < -0.3 is 10.2 Å². The number of thiophene rings is 1. The Labute approximate surface area is 105 Å². The fraction of sp³-hybridized carbons (Fsp3) is 0.364. The van der Waals surface area contributed by atoms with E-state index in [1.54, 1.807) is 18.4 Å². The van der Waals surface area contributed by atoms with E-state index in [4.69, 9.17) is 0 Å². The first-order chi connectivity index (χ1) is 8.10. The van der Waals surface area contributed by atoms with Gasteiger partial charge in [0, 0.05) is 37.0 Å². The van der Waals surface area contributed by atoms with Crippen LogP contribution in [0.25, 0.3) is 11.4 Å². The van der Waals surface area contributed by atoms with Crippen LogP contribution in [0.1, 0.15) is 4.88 Å². The Morgan fingerprint density at radius 1 is 1.24 bits per heavy atom. The van der Waals surface area contributed by atoms with Crippen LogP contribution >= 0.6 is 11.3 Å². The predicted molar refractivity (Wildman–Crippen MR) is 71.8 cm³/mol. The topological polar surface area (TPSA) is 53.9 Å².